The third-order valence-electron chi connectivity index (χ3n) is 3.52. The van der Waals surface area contributed by atoms with Gasteiger partial charge in [-0.3, -0.25) is 0 Å². The summed E-state index contributed by atoms with van der Waals surface area (Å²) in [6.07, 6.45) is 0. The fraction of sp³-hybridized carbons (Fsp3) is 0.118. The smallest absolute Gasteiger partial charge is 0.277 e. The van der Waals surface area contributed by atoms with Crippen molar-refractivity contribution in [2.24, 2.45) is 9.98 Å². The summed E-state index contributed by atoms with van der Waals surface area (Å²) in [5.74, 6) is 1.41. The summed E-state index contributed by atoms with van der Waals surface area (Å²) in [6.45, 7) is 0. The molecular weight excluding hydrogens is 328 g/mol. The molecule has 122 valence electrons. The Morgan fingerprint density at radius 1 is 0.708 bits per heavy atom. The summed E-state index contributed by atoms with van der Waals surface area (Å²) >= 11 is 0. The molecule has 0 spiro atoms. The van der Waals surface area contributed by atoms with E-state index in [1.54, 1.807) is 38.5 Å². The molecule has 1 heterocycles. The standard InChI is InChI=1S/C17H14N2O4S/c1-22-13-7-3-11(4-8-13)15-16(19-17(18-15)24(20)21)12-5-9-14(23-2)10-6-12/h3-10H,1-2H3. The molecule has 0 N–H and O–H groups in total. The molecule has 0 bridgehead atoms. The van der Waals surface area contributed by atoms with E-state index < -0.39 is 10.3 Å². The van der Waals surface area contributed by atoms with Gasteiger partial charge in [0, 0.05) is 11.1 Å². The minimum Gasteiger partial charge on any atom is -0.497 e. The Balaban J connectivity index is 2.09. The zero-order chi connectivity index (χ0) is 17.1. The van der Waals surface area contributed by atoms with Crippen LogP contribution in [-0.2, 0) is 10.3 Å². The molecule has 0 fully saturated rings. The van der Waals surface area contributed by atoms with E-state index >= 15 is 0 Å². The van der Waals surface area contributed by atoms with Crippen LogP contribution in [0.5, 0.6) is 11.5 Å². The van der Waals surface area contributed by atoms with E-state index in [0.717, 1.165) is 11.1 Å². The van der Waals surface area contributed by atoms with Crippen LogP contribution in [-0.4, -0.2) is 39.2 Å². The molecule has 0 radical (unpaired) electrons. The minimum atomic E-state index is -2.50. The van der Waals surface area contributed by atoms with Crippen molar-refractivity contribution in [1.29, 1.82) is 0 Å². The number of hydrogen-bond donors (Lipinski definition) is 0. The highest BCUT2D eigenvalue weighted by Crippen LogP contribution is 2.20. The van der Waals surface area contributed by atoms with Gasteiger partial charge in [0.1, 0.15) is 22.9 Å². The molecule has 6 nitrogen and oxygen atoms in total. The van der Waals surface area contributed by atoms with Crippen molar-refractivity contribution in [1.82, 2.24) is 0 Å². The lowest BCUT2D eigenvalue weighted by molar-refractivity contribution is 0.414. The highest BCUT2D eigenvalue weighted by Gasteiger charge is 2.22. The first-order chi connectivity index (χ1) is 11.6. The van der Waals surface area contributed by atoms with Gasteiger partial charge in [0.15, 0.2) is 0 Å². The van der Waals surface area contributed by atoms with E-state index in [1.165, 1.54) is 0 Å². The molecule has 0 amide bonds. The maximum absolute atomic E-state index is 11.3. The minimum absolute atomic E-state index is 0.230. The Bertz CT molecular complexity index is 883. The van der Waals surface area contributed by atoms with Crippen molar-refractivity contribution in [2.45, 2.75) is 0 Å². The van der Waals surface area contributed by atoms with Crippen LogP contribution in [0.4, 0.5) is 0 Å². The Hall–Kier alpha value is -2.93. The van der Waals surface area contributed by atoms with Gasteiger partial charge in [-0.2, -0.15) is 8.42 Å². The fourth-order valence-corrected chi connectivity index (χ4v) is 2.63. The number of nitrogens with zero attached hydrogens (tertiary/aromatic N) is 2. The van der Waals surface area contributed by atoms with Gasteiger partial charge in [-0.15, -0.1) is 0 Å². The van der Waals surface area contributed by atoms with E-state index in [1.807, 2.05) is 24.3 Å². The molecule has 24 heavy (non-hydrogen) atoms. The van der Waals surface area contributed by atoms with Crippen LogP contribution in [0.2, 0.25) is 0 Å². The van der Waals surface area contributed by atoms with Crippen molar-refractivity contribution in [3.63, 3.8) is 0 Å². The molecule has 2 aromatic rings. The average molecular weight is 342 g/mol. The van der Waals surface area contributed by atoms with Crippen LogP contribution in [0, 0.1) is 0 Å². The molecule has 0 saturated heterocycles. The maximum atomic E-state index is 11.3. The summed E-state index contributed by atoms with van der Waals surface area (Å²) in [5, 5.41) is -0.230. The van der Waals surface area contributed by atoms with E-state index in [9.17, 15) is 8.42 Å². The zero-order valence-electron chi connectivity index (χ0n) is 13.1. The Labute approximate surface area is 140 Å². The molecule has 0 unspecified atom stereocenters. The molecule has 1 aliphatic rings. The summed E-state index contributed by atoms with van der Waals surface area (Å²) in [7, 11) is 0.665. The van der Waals surface area contributed by atoms with Gasteiger partial charge < -0.3 is 9.47 Å². The SMILES string of the molecule is COc1ccc(C2=NC(=S(=O)=O)N=C2c2ccc(OC)cc2)cc1. The topological polar surface area (TPSA) is 77.3 Å². The predicted molar refractivity (Wildman–Crippen MR) is 93.0 cm³/mol. The van der Waals surface area contributed by atoms with Crippen molar-refractivity contribution in [3.05, 3.63) is 59.7 Å². The van der Waals surface area contributed by atoms with Crippen molar-refractivity contribution < 1.29 is 17.9 Å². The molecule has 0 saturated carbocycles. The second-order valence-corrected chi connectivity index (χ2v) is 5.73. The van der Waals surface area contributed by atoms with Crippen LogP contribution in [0.15, 0.2) is 58.5 Å². The van der Waals surface area contributed by atoms with Gasteiger partial charge in [0.2, 0.25) is 0 Å². The fourth-order valence-electron chi connectivity index (χ4n) is 2.30. The second kappa shape index (κ2) is 6.67. The first kappa shape index (κ1) is 15.9. The largest absolute Gasteiger partial charge is 0.497 e. The first-order valence-corrected chi connectivity index (χ1v) is 8.12. The molecule has 7 heteroatoms. The van der Waals surface area contributed by atoms with Gasteiger partial charge in [-0.05, 0) is 48.5 Å². The van der Waals surface area contributed by atoms with Crippen molar-refractivity contribution in [3.8, 4) is 11.5 Å². The van der Waals surface area contributed by atoms with Crippen LogP contribution >= 0.6 is 0 Å². The summed E-state index contributed by atoms with van der Waals surface area (Å²) in [4.78, 5) is 8.32. The van der Waals surface area contributed by atoms with E-state index in [2.05, 4.69) is 9.98 Å². The zero-order valence-corrected chi connectivity index (χ0v) is 13.9. The summed E-state index contributed by atoms with van der Waals surface area (Å²) in [6, 6.07) is 14.4. The number of aliphatic imine (C=N–C) groups is 2. The molecular formula is C17H14N2O4S. The van der Waals surface area contributed by atoms with Gasteiger partial charge in [0.25, 0.3) is 15.4 Å². The lowest BCUT2D eigenvalue weighted by Gasteiger charge is -2.07. The number of methoxy groups -OCH3 is 2. The van der Waals surface area contributed by atoms with Gasteiger partial charge in [-0.1, -0.05) is 0 Å². The Morgan fingerprint density at radius 2 is 1.08 bits per heavy atom. The summed E-state index contributed by atoms with van der Waals surface area (Å²) in [5.41, 5.74) is 2.51. The predicted octanol–water partition coefficient (Wildman–Crippen LogP) is 1.96. The molecule has 0 aromatic heterocycles. The normalized spacial score (nSPS) is 13.3. The van der Waals surface area contributed by atoms with Gasteiger partial charge in [0.05, 0.1) is 14.2 Å². The maximum Gasteiger partial charge on any atom is 0.277 e. The quantitative estimate of drug-likeness (QED) is 0.796. The number of rotatable bonds is 4. The van der Waals surface area contributed by atoms with Gasteiger partial charge >= 0.3 is 0 Å². The second-order valence-electron chi connectivity index (χ2n) is 4.90. The van der Waals surface area contributed by atoms with E-state index in [0.29, 0.717) is 22.9 Å². The van der Waals surface area contributed by atoms with Crippen molar-refractivity contribution in [2.75, 3.05) is 14.2 Å². The van der Waals surface area contributed by atoms with Crippen LogP contribution in [0.1, 0.15) is 11.1 Å². The first-order valence-electron chi connectivity index (χ1n) is 7.05. The Morgan fingerprint density at radius 3 is 1.38 bits per heavy atom. The Kier molecular flexibility index (Phi) is 4.43. The van der Waals surface area contributed by atoms with Crippen LogP contribution < -0.4 is 9.47 Å². The third-order valence-corrected chi connectivity index (χ3v) is 4.00. The number of hydrogen-bond acceptors (Lipinski definition) is 4. The van der Waals surface area contributed by atoms with Crippen LogP contribution in [0.3, 0.4) is 0 Å². The number of ether oxygens (including phenoxy) is 2. The van der Waals surface area contributed by atoms with E-state index in [4.69, 9.17) is 9.47 Å². The molecule has 0 aliphatic carbocycles. The van der Waals surface area contributed by atoms with Crippen molar-refractivity contribution >= 4 is 26.8 Å². The van der Waals surface area contributed by atoms with Gasteiger partial charge in [-0.25, -0.2) is 9.98 Å². The third kappa shape index (κ3) is 3.07. The van der Waals surface area contributed by atoms with E-state index in [-0.39, 0.29) is 5.11 Å². The molecule has 0 atom stereocenters. The number of benzene rings is 2. The van der Waals surface area contributed by atoms with Crippen LogP contribution in [0.25, 0.3) is 0 Å². The molecule has 1 aliphatic heterocycles. The lowest BCUT2D eigenvalue weighted by atomic mass is 10.00. The average Bonchev–Trinajstić information content (AvgIpc) is 3.07. The molecule has 3 rings (SSSR count). The highest BCUT2D eigenvalue weighted by molar-refractivity contribution is 7.73. The molecule has 2 aromatic carbocycles. The lowest BCUT2D eigenvalue weighted by Crippen LogP contribution is -2.13. The highest BCUT2D eigenvalue weighted by atomic mass is 32.2. The summed E-state index contributed by atoms with van der Waals surface area (Å²) < 4.78 is 32.8. The monoisotopic (exact) mass is 342 g/mol.